The summed E-state index contributed by atoms with van der Waals surface area (Å²) in [7, 11) is 1.90. The van der Waals surface area contributed by atoms with Gasteiger partial charge in [0, 0.05) is 35.8 Å². The quantitative estimate of drug-likeness (QED) is 0.805. The number of pyridine rings is 1. The molecule has 2 aromatic heterocycles. The van der Waals surface area contributed by atoms with Gasteiger partial charge in [-0.1, -0.05) is 28.1 Å². The second-order valence-electron chi connectivity index (χ2n) is 4.36. The van der Waals surface area contributed by atoms with E-state index in [2.05, 4.69) is 49.5 Å². The molecule has 0 bridgehead atoms. The van der Waals surface area contributed by atoms with Gasteiger partial charge in [0.15, 0.2) is 0 Å². The lowest BCUT2D eigenvalue weighted by Gasteiger charge is -2.08. The fraction of sp³-hybridized carbons (Fsp3) is 0.143. The first kappa shape index (κ1) is 12.2. The largest absolute Gasteiger partial charge is 0.378 e. The standard InChI is InChI=1S/C14H13BrN4/c1-19-9-11(8-18-19)17-7-10-4-5-13(15)12-3-2-6-16-14(10)12/h2-6,8-9,17H,7H2,1H3. The van der Waals surface area contributed by atoms with Crippen LogP contribution in [0.5, 0.6) is 0 Å². The molecule has 1 N–H and O–H groups in total. The number of hydrogen-bond acceptors (Lipinski definition) is 3. The molecule has 0 atom stereocenters. The third-order valence-electron chi connectivity index (χ3n) is 2.99. The lowest BCUT2D eigenvalue weighted by molar-refractivity contribution is 0.768. The summed E-state index contributed by atoms with van der Waals surface area (Å²) in [6, 6.07) is 8.17. The van der Waals surface area contributed by atoms with E-state index in [1.54, 1.807) is 4.68 Å². The van der Waals surface area contributed by atoms with E-state index in [4.69, 9.17) is 0 Å². The van der Waals surface area contributed by atoms with Crippen molar-refractivity contribution in [2.24, 2.45) is 7.05 Å². The second-order valence-corrected chi connectivity index (χ2v) is 5.22. The highest BCUT2D eigenvalue weighted by Crippen LogP contribution is 2.25. The van der Waals surface area contributed by atoms with Crippen LogP contribution in [0.3, 0.4) is 0 Å². The summed E-state index contributed by atoms with van der Waals surface area (Å²) in [5.74, 6) is 0. The van der Waals surface area contributed by atoms with Gasteiger partial charge in [-0.15, -0.1) is 0 Å². The number of aryl methyl sites for hydroxylation is 1. The maximum atomic E-state index is 4.47. The topological polar surface area (TPSA) is 42.7 Å². The number of aromatic nitrogens is 3. The maximum Gasteiger partial charge on any atom is 0.0763 e. The lowest BCUT2D eigenvalue weighted by Crippen LogP contribution is -2.00. The number of halogens is 1. The monoisotopic (exact) mass is 316 g/mol. The van der Waals surface area contributed by atoms with Crippen molar-refractivity contribution < 1.29 is 0 Å². The van der Waals surface area contributed by atoms with Crippen molar-refractivity contribution in [3.05, 3.63) is 52.9 Å². The Kier molecular flexibility index (Phi) is 3.21. The van der Waals surface area contributed by atoms with Crippen LogP contribution in [0.2, 0.25) is 0 Å². The zero-order chi connectivity index (χ0) is 13.2. The Balaban J connectivity index is 1.91. The summed E-state index contributed by atoms with van der Waals surface area (Å²) in [5, 5.41) is 8.62. The van der Waals surface area contributed by atoms with E-state index in [9.17, 15) is 0 Å². The summed E-state index contributed by atoms with van der Waals surface area (Å²) < 4.78 is 2.85. The molecule has 0 unspecified atom stereocenters. The number of nitrogens with one attached hydrogen (secondary N) is 1. The van der Waals surface area contributed by atoms with Gasteiger partial charge in [0.25, 0.3) is 0 Å². The van der Waals surface area contributed by atoms with Crippen molar-refractivity contribution in [1.82, 2.24) is 14.8 Å². The Morgan fingerprint density at radius 1 is 1.32 bits per heavy atom. The van der Waals surface area contributed by atoms with Gasteiger partial charge in [0.05, 0.1) is 17.4 Å². The van der Waals surface area contributed by atoms with Crippen LogP contribution in [0.25, 0.3) is 10.9 Å². The van der Waals surface area contributed by atoms with Crippen LogP contribution in [-0.2, 0) is 13.6 Å². The third-order valence-corrected chi connectivity index (χ3v) is 3.68. The third kappa shape index (κ3) is 2.46. The molecule has 0 saturated carbocycles. The van der Waals surface area contributed by atoms with Crippen molar-refractivity contribution in [3.63, 3.8) is 0 Å². The van der Waals surface area contributed by atoms with Crippen molar-refractivity contribution in [1.29, 1.82) is 0 Å². The zero-order valence-corrected chi connectivity index (χ0v) is 12.1. The molecule has 0 radical (unpaired) electrons. The van der Waals surface area contributed by atoms with Crippen LogP contribution in [0.15, 0.2) is 47.3 Å². The first-order valence-electron chi connectivity index (χ1n) is 5.98. The Hall–Kier alpha value is -1.88. The predicted molar refractivity (Wildman–Crippen MR) is 80.0 cm³/mol. The number of anilines is 1. The van der Waals surface area contributed by atoms with Gasteiger partial charge in [0.2, 0.25) is 0 Å². The molecule has 1 aromatic carbocycles. The van der Waals surface area contributed by atoms with Crippen molar-refractivity contribution in [3.8, 4) is 0 Å². The molecule has 19 heavy (non-hydrogen) atoms. The highest BCUT2D eigenvalue weighted by Gasteiger charge is 2.05. The molecule has 0 amide bonds. The van der Waals surface area contributed by atoms with E-state index in [1.807, 2.05) is 31.7 Å². The molecular formula is C14H13BrN4. The number of rotatable bonds is 3. The Bertz CT molecular complexity index is 720. The molecule has 4 nitrogen and oxygen atoms in total. The lowest BCUT2D eigenvalue weighted by atomic mass is 10.1. The molecule has 5 heteroatoms. The molecule has 2 heterocycles. The van der Waals surface area contributed by atoms with E-state index in [-0.39, 0.29) is 0 Å². The molecule has 0 spiro atoms. The highest BCUT2D eigenvalue weighted by molar-refractivity contribution is 9.10. The van der Waals surface area contributed by atoms with Crippen molar-refractivity contribution in [2.75, 3.05) is 5.32 Å². The van der Waals surface area contributed by atoms with Gasteiger partial charge in [-0.25, -0.2) is 0 Å². The highest BCUT2D eigenvalue weighted by atomic mass is 79.9. The first-order chi connectivity index (χ1) is 9.24. The van der Waals surface area contributed by atoms with Crippen molar-refractivity contribution in [2.45, 2.75) is 6.54 Å². The molecule has 0 aliphatic heterocycles. The molecule has 0 aliphatic carbocycles. The fourth-order valence-electron chi connectivity index (χ4n) is 2.05. The van der Waals surface area contributed by atoms with E-state index in [1.165, 1.54) is 5.56 Å². The van der Waals surface area contributed by atoms with E-state index in [0.29, 0.717) is 0 Å². The number of nitrogens with zero attached hydrogens (tertiary/aromatic N) is 3. The van der Waals surface area contributed by atoms with Crippen LogP contribution < -0.4 is 5.32 Å². The van der Waals surface area contributed by atoms with Crippen LogP contribution in [0.1, 0.15) is 5.56 Å². The molecular weight excluding hydrogens is 304 g/mol. The van der Waals surface area contributed by atoms with Gasteiger partial charge in [0.1, 0.15) is 0 Å². The zero-order valence-electron chi connectivity index (χ0n) is 10.5. The van der Waals surface area contributed by atoms with Gasteiger partial charge in [-0.2, -0.15) is 5.10 Å². The minimum absolute atomic E-state index is 0.729. The van der Waals surface area contributed by atoms with E-state index >= 15 is 0 Å². The molecule has 3 rings (SSSR count). The summed E-state index contributed by atoms with van der Waals surface area (Å²) in [6.45, 7) is 0.729. The first-order valence-corrected chi connectivity index (χ1v) is 6.78. The smallest absolute Gasteiger partial charge is 0.0763 e. The molecule has 3 aromatic rings. The molecule has 0 fully saturated rings. The van der Waals surface area contributed by atoms with Crippen LogP contribution in [0.4, 0.5) is 5.69 Å². The Labute approximate surface area is 119 Å². The summed E-state index contributed by atoms with van der Waals surface area (Å²) in [4.78, 5) is 4.47. The van der Waals surface area contributed by atoms with Gasteiger partial charge in [-0.3, -0.25) is 9.67 Å². The summed E-state index contributed by atoms with van der Waals surface area (Å²) >= 11 is 3.56. The van der Waals surface area contributed by atoms with Gasteiger partial charge < -0.3 is 5.32 Å². The van der Waals surface area contributed by atoms with Crippen LogP contribution in [-0.4, -0.2) is 14.8 Å². The molecule has 0 saturated heterocycles. The Morgan fingerprint density at radius 3 is 3.00 bits per heavy atom. The van der Waals surface area contributed by atoms with Crippen molar-refractivity contribution >= 4 is 32.5 Å². The fourth-order valence-corrected chi connectivity index (χ4v) is 2.50. The van der Waals surface area contributed by atoms with E-state index < -0.39 is 0 Å². The van der Waals surface area contributed by atoms with Crippen LogP contribution >= 0.6 is 15.9 Å². The number of benzene rings is 1. The van der Waals surface area contributed by atoms with E-state index in [0.717, 1.165) is 27.6 Å². The summed E-state index contributed by atoms with van der Waals surface area (Å²) in [5.41, 5.74) is 3.20. The number of hydrogen-bond donors (Lipinski definition) is 1. The number of fused-ring (bicyclic) bond motifs is 1. The van der Waals surface area contributed by atoms with Gasteiger partial charge >= 0.3 is 0 Å². The second kappa shape index (κ2) is 5.01. The maximum absolute atomic E-state index is 4.47. The van der Waals surface area contributed by atoms with Crippen LogP contribution in [0, 0.1) is 0 Å². The average Bonchev–Trinajstić information content (AvgIpc) is 2.84. The summed E-state index contributed by atoms with van der Waals surface area (Å²) in [6.07, 6.45) is 5.59. The molecule has 96 valence electrons. The Morgan fingerprint density at radius 2 is 2.21 bits per heavy atom. The predicted octanol–water partition coefficient (Wildman–Crippen LogP) is 3.34. The average molecular weight is 317 g/mol. The minimum atomic E-state index is 0.729. The normalized spacial score (nSPS) is 10.8. The minimum Gasteiger partial charge on any atom is -0.378 e. The molecule has 0 aliphatic rings. The SMILES string of the molecule is Cn1cc(NCc2ccc(Br)c3cccnc23)cn1. The van der Waals surface area contributed by atoms with Gasteiger partial charge in [-0.05, 0) is 17.7 Å².